The van der Waals surface area contributed by atoms with Gasteiger partial charge in [-0.3, -0.25) is 0 Å². The summed E-state index contributed by atoms with van der Waals surface area (Å²) < 4.78 is 38.8. The normalized spacial score (nSPS) is 12.9. The topological polar surface area (TPSA) is 61.2 Å². The predicted octanol–water partition coefficient (Wildman–Crippen LogP) is 3.06. The first-order valence-electron chi connectivity index (χ1n) is 7.22. The fraction of sp³-hybridized carbons (Fsp3) is 0.125. The fourth-order valence-electron chi connectivity index (χ4n) is 2.37. The molecule has 1 aliphatic heterocycles. The van der Waals surface area contributed by atoms with Crippen LogP contribution in [0.15, 0.2) is 42.7 Å². The maximum absolute atomic E-state index is 13.3. The molecular formula is C16H12F2N4O2. The molecular weight excluding hydrogens is 318 g/mol. The van der Waals surface area contributed by atoms with Gasteiger partial charge in [-0.1, -0.05) is 0 Å². The highest BCUT2D eigenvalue weighted by Gasteiger charge is 2.13. The molecule has 0 fully saturated rings. The van der Waals surface area contributed by atoms with Crippen LogP contribution in [0.5, 0.6) is 11.5 Å². The largest absolute Gasteiger partial charge is 0.486 e. The van der Waals surface area contributed by atoms with Gasteiger partial charge in [-0.2, -0.15) is 4.98 Å². The third kappa shape index (κ3) is 2.85. The Bertz CT molecular complexity index is 877. The second-order valence-electron chi connectivity index (χ2n) is 5.12. The molecule has 2 heterocycles. The molecule has 0 unspecified atom stereocenters. The van der Waals surface area contributed by atoms with Crippen molar-refractivity contribution < 1.29 is 18.3 Å². The Labute approximate surface area is 135 Å². The standard InChI is InChI=1S/C16H12F2N4O2/c17-10-5-11(18)7-13(6-10)22-9-19-16(21-22)20-12-1-2-14-15(8-12)24-4-3-23-14/h1-2,5-9H,3-4H2,(H,20,21). The van der Waals surface area contributed by atoms with Crippen LogP contribution in [0.1, 0.15) is 0 Å². The summed E-state index contributed by atoms with van der Waals surface area (Å²) in [6, 6.07) is 8.51. The molecule has 0 spiro atoms. The Kier molecular flexibility index (Phi) is 3.49. The lowest BCUT2D eigenvalue weighted by Crippen LogP contribution is -2.15. The molecule has 6 nitrogen and oxygen atoms in total. The van der Waals surface area contributed by atoms with Crippen LogP contribution in [0.25, 0.3) is 5.69 Å². The number of ether oxygens (including phenoxy) is 2. The minimum atomic E-state index is -0.679. The van der Waals surface area contributed by atoms with Crippen molar-refractivity contribution in [1.82, 2.24) is 14.8 Å². The zero-order valence-corrected chi connectivity index (χ0v) is 12.4. The van der Waals surface area contributed by atoms with E-state index in [1.54, 1.807) is 18.2 Å². The van der Waals surface area contributed by atoms with Crippen molar-refractivity contribution in [3.63, 3.8) is 0 Å². The predicted molar refractivity (Wildman–Crippen MR) is 82.0 cm³/mol. The van der Waals surface area contributed by atoms with E-state index in [1.807, 2.05) is 0 Å². The summed E-state index contributed by atoms with van der Waals surface area (Å²) in [6.45, 7) is 1.02. The van der Waals surface area contributed by atoms with Gasteiger partial charge in [0, 0.05) is 17.8 Å². The van der Waals surface area contributed by atoms with Crippen LogP contribution in [0.2, 0.25) is 0 Å². The van der Waals surface area contributed by atoms with Gasteiger partial charge >= 0.3 is 0 Å². The zero-order valence-electron chi connectivity index (χ0n) is 12.4. The van der Waals surface area contributed by atoms with Crippen molar-refractivity contribution in [3.05, 3.63) is 54.4 Å². The van der Waals surface area contributed by atoms with E-state index < -0.39 is 11.6 Å². The van der Waals surface area contributed by atoms with Gasteiger partial charge in [0.15, 0.2) is 11.5 Å². The van der Waals surface area contributed by atoms with Gasteiger partial charge in [0.2, 0.25) is 5.95 Å². The Morgan fingerprint density at radius 3 is 2.50 bits per heavy atom. The average Bonchev–Trinajstić information content (AvgIpc) is 3.02. The van der Waals surface area contributed by atoms with Crippen LogP contribution in [0, 0.1) is 11.6 Å². The number of hydrogen-bond acceptors (Lipinski definition) is 5. The van der Waals surface area contributed by atoms with Gasteiger partial charge in [0.25, 0.3) is 0 Å². The van der Waals surface area contributed by atoms with Crippen LogP contribution in [-0.2, 0) is 0 Å². The van der Waals surface area contributed by atoms with Crippen molar-refractivity contribution >= 4 is 11.6 Å². The van der Waals surface area contributed by atoms with Crippen molar-refractivity contribution in [2.24, 2.45) is 0 Å². The minimum Gasteiger partial charge on any atom is -0.486 e. The van der Waals surface area contributed by atoms with E-state index in [2.05, 4.69) is 15.4 Å². The first-order valence-corrected chi connectivity index (χ1v) is 7.22. The van der Waals surface area contributed by atoms with Gasteiger partial charge in [0.05, 0.1) is 5.69 Å². The number of hydrogen-bond donors (Lipinski definition) is 1. The van der Waals surface area contributed by atoms with E-state index in [-0.39, 0.29) is 11.6 Å². The first kappa shape index (κ1) is 14.4. The highest BCUT2D eigenvalue weighted by molar-refractivity contribution is 5.60. The number of halogens is 2. The van der Waals surface area contributed by atoms with Crippen molar-refractivity contribution in [1.29, 1.82) is 0 Å². The molecule has 0 radical (unpaired) electrons. The molecule has 2 aromatic carbocycles. The lowest BCUT2D eigenvalue weighted by Gasteiger charge is -2.18. The number of benzene rings is 2. The molecule has 1 N–H and O–H groups in total. The quantitative estimate of drug-likeness (QED) is 0.800. The maximum Gasteiger partial charge on any atom is 0.246 e. The van der Waals surface area contributed by atoms with Gasteiger partial charge < -0.3 is 14.8 Å². The lowest BCUT2D eigenvalue weighted by atomic mass is 10.2. The van der Waals surface area contributed by atoms with E-state index in [0.29, 0.717) is 30.4 Å². The number of nitrogens with one attached hydrogen (secondary N) is 1. The van der Waals surface area contributed by atoms with Crippen LogP contribution in [0.4, 0.5) is 20.4 Å². The molecule has 1 aliphatic rings. The SMILES string of the molecule is Fc1cc(F)cc(-n2cnc(Nc3ccc4c(c3)OCCO4)n2)c1. The summed E-state index contributed by atoms with van der Waals surface area (Å²) in [4.78, 5) is 4.08. The minimum absolute atomic E-state index is 0.246. The average molecular weight is 330 g/mol. The Morgan fingerprint density at radius 1 is 0.958 bits per heavy atom. The maximum atomic E-state index is 13.3. The van der Waals surface area contributed by atoms with Gasteiger partial charge in [-0.25, -0.2) is 13.5 Å². The van der Waals surface area contributed by atoms with Crippen molar-refractivity contribution in [2.75, 3.05) is 18.5 Å². The van der Waals surface area contributed by atoms with E-state index in [9.17, 15) is 8.78 Å². The highest BCUT2D eigenvalue weighted by atomic mass is 19.1. The molecule has 0 saturated carbocycles. The number of fused-ring (bicyclic) bond motifs is 1. The van der Waals surface area contributed by atoms with Gasteiger partial charge in [-0.15, -0.1) is 5.10 Å². The smallest absolute Gasteiger partial charge is 0.246 e. The summed E-state index contributed by atoms with van der Waals surface area (Å²) in [6.07, 6.45) is 1.37. The lowest BCUT2D eigenvalue weighted by molar-refractivity contribution is 0.171. The zero-order chi connectivity index (χ0) is 16.5. The van der Waals surface area contributed by atoms with Crippen molar-refractivity contribution in [3.8, 4) is 17.2 Å². The molecule has 24 heavy (non-hydrogen) atoms. The Balaban J connectivity index is 1.57. The molecule has 4 rings (SSSR count). The molecule has 0 saturated heterocycles. The Morgan fingerprint density at radius 2 is 1.71 bits per heavy atom. The molecule has 0 atom stereocenters. The third-order valence-electron chi connectivity index (χ3n) is 3.40. The first-order chi connectivity index (χ1) is 11.7. The van der Waals surface area contributed by atoms with E-state index >= 15 is 0 Å². The monoisotopic (exact) mass is 330 g/mol. The highest BCUT2D eigenvalue weighted by Crippen LogP contribution is 2.33. The summed E-state index contributed by atoms with van der Waals surface area (Å²) in [7, 11) is 0. The van der Waals surface area contributed by atoms with Gasteiger partial charge in [0.1, 0.15) is 31.2 Å². The van der Waals surface area contributed by atoms with E-state index in [4.69, 9.17) is 9.47 Å². The molecule has 0 bridgehead atoms. The van der Waals surface area contributed by atoms with E-state index in [1.165, 1.54) is 23.1 Å². The fourth-order valence-corrected chi connectivity index (χ4v) is 2.37. The van der Waals surface area contributed by atoms with Crippen LogP contribution in [0.3, 0.4) is 0 Å². The number of aromatic nitrogens is 3. The number of anilines is 2. The van der Waals surface area contributed by atoms with Crippen LogP contribution in [-0.4, -0.2) is 28.0 Å². The molecule has 3 aromatic rings. The van der Waals surface area contributed by atoms with Crippen LogP contribution < -0.4 is 14.8 Å². The summed E-state index contributed by atoms with van der Waals surface area (Å²) in [5.74, 6) is 0.249. The molecule has 0 amide bonds. The van der Waals surface area contributed by atoms with Crippen molar-refractivity contribution in [2.45, 2.75) is 0 Å². The second kappa shape index (κ2) is 5.80. The third-order valence-corrected chi connectivity index (χ3v) is 3.40. The molecule has 1 aromatic heterocycles. The Hall–Kier alpha value is -3.16. The summed E-state index contributed by atoms with van der Waals surface area (Å²) >= 11 is 0. The molecule has 0 aliphatic carbocycles. The number of rotatable bonds is 3. The van der Waals surface area contributed by atoms with E-state index in [0.717, 1.165) is 6.07 Å². The summed E-state index contributed by atoms with van der Waals surface area (Å²) in [5, 5.41) is 7.17. The molecule has 8 heteroatoms. The molecule has 122 valence electrons. The van der Waals surface area contributed by atoms with Gasteiger partial charge in [-0.05, 0) is 24.3 Å². The number of nitrogens with zero attached hydrogens (tertiary/aromatic N) is 3. The second-order valence-corrected chi connectivity index (χ2v) is 5.12. The van der Waals surface area contributed by atoms with Crippen LogP contribution >= 0.6 is 0 Å². The summed E-state index contributed by atoms with van der Waals surface area (Å²) in [5.41, 5.74) is 0.956.